The number of rotatable bonds is 5. The van der Waals surface area contributed by atoms with E-state index in [0.29, 0.717) is 0 Å². The molecule has 0 aromatic heterocycles. The Morgan fingerprint density at radius 3 is 2.70 bits per heavy atom. The van der Waals surface area contributed by atoms with E-state index < -0.39 is 0 Å². The Labute approximate surface area is 63.3 Å². The average Bonchev–Trinajstić information content (AvgIpc) is 1.87. The molecule has 0 spiro atoms. The topological polar surface area (TPSA) is 21.6 Å². The van der Waals surface area contributed by atoms with Crippen LogP contribution in [0.15, 0.2) is 5.16 Å². The Balaban J connectivity index is 3.04. The summed E-state index contributed by atoms with van der Waals surface area (Å²) in [6.07, 6.45) is 5.49. The van der Waals surface area contributed by atoms with Crippen molar-refractivity contribution in [3.8, 4) is 0 Å². The molecule has 0 aliphatic rings. The summed E-state index contributed by atoms with van der Waals surface area (Å²) in [5.41, 5.74) is 0. The number of unbranched alkanes of at least 4 members (excludes halogenated alkanes) is 2. The summed E-state index contributed by atoms with van der Waals surface area (Å²) in [6.45, 7) is 6.10. The highest BCUT2D eigenvalue weighted by molar-refractivity contribution is 5.56. The Kier molecular flexibility index (Phi) is 6.24. The summed E-state index contributed by atoms with van der Waals surface area (Å²) in [5, 5.41) is 3.78. The first-order valence-corrected chi connectivity index (χ1v) is 3.95. The van der Waals surface area contributed by atoms with Crippen molar-refractivity contribution in [1.82, 2.24) is 0 Å². The highest BCUT2D eigenvalue weighted by atomic mass is 16.6. The molecule has 0 N–H and O–H groups in total. The molecular weight excluding hydrogens is 126 g/mol. The van der Waals surface area contributed by atoms with Crippen molar-refractivity contribution in [1.29, 1.82) is 0 Å². The summed E-state index contributed by atoms with van der Waals surface area (Å²) in [5.74, 6) is 0. The predicted molar refractivity (Wildman–Crippen MR) is 44.2 cm³/mol. The molecular formula is C8H17NO. The van der Waals surface area contributed by atoms with Crippen molar-refractivity contribution >= 4 is 6.21 Å². The maximum Gasteiger partial charge on any atom is 0.121 e. The second-order valence-electron chi connectivity index (χ2n) is 2.58. The van der Waals surface area contributed by atoms with Crippen LogP contribution in [0.25, 0.3) is 0 Å². The van der Waals surface area contributed by atoms with Crippen LogP contribution in [-0.2, 0) is 4.84 Å². The number of hydrogen-bond donors (Lipinski definition) is 0. The van der Waals surface area contributed by atoms with E-state index in [9.17, 15) is 0 Å². The normalized spacial score (nSPS) is 11.2. The molecule has 60 valence electrons. The van der Waals surface area contributed by atoms with Crippen molar-refractivity contribution in [3.05, 3.63) is 0 Å². The Morgan fingerprint density at radius 1 is 1.50 bits per heavy atom. The van der Waals surface area contributed by atoms with Crippen LogP contribution in [0, 0.1) is 0 Å². The van der Waals surface area contributed by atoms with Crippen LogP contribution in [0.3, 0.4) is 0 Å². The van der Waals surface area contributed by atoms with Gasteiger partial charge in [0.25, 0.3) is 0 Å². The van der Waals surface area contributed by atoms with Gasteiger partial charge in [0, 0.05) is 6.21 Å². The van der Waals surface area contributed by atoms with E-state index in [0.717, 1.165) is 6.42 Å². The van der Waals surface area contributed by atoms with Gasteiger partial charge in [0.05, 0.1) is 0 Å². The predicted octanol–water partition coefficient (Wildman–Crippen LogP) is 2.59. The molecule has 0 aliphatic carbocycles. The molecule has 0 saturated heterocycles. The second-order valence-corrected chi connectivity index (χ2v) is 2.58. The molecule has 0 bridgehead atoms. The molecule has 10 heavy (non-hydrogen) atoms. The lowest BCUT2D eigenvalue weighted by Gasteiger charge is -1.99. The molecule has 0 aliphatic heterocycles. The first kappa shape index (κ1) is 9.47. The minimum absolute atomic E-state index is 0.206. The molecule has 0 rings (SSSR count). The fourth-order valence-electron chi connectivity index (χ4n) is 0.513. The first-order chi connectivity index (χ1) is 4.77. The van der Waals surface area contributed by atoms with Crippen LogP contribution in [0.5, 0.6) is 0 Å². The van der Waals surface area contributed by atoms with E-state index in [4.69, 9.17) is 4.84 Å². The van der Waals surface area contributed by atoms with Crippen LogP contribution in [0.2, 0.25) is 0 Å². The van der Waals surface area contributed by atoms with Crippen molar-refractivity contribution in [3.63, 3.8) is 0 Å². The molecule has 0 aromatic rings. The van der Waals surface area contributed by atoms with Crippen LogP contribution in [-0.4, -0.2) is 12.3 Å². The Hall–Kier alpha value is -0.530. The van der Waals surface area contributed by atoms with E-state index in [1.165, 1.54) is 12.8 Å². The van der Waals surface area contributed by atoms with Gasteiger partial charge in [0.2, 0.25) is 0 Å². The van der Waals surface area contributed by atoms with E-state index >= 15 is 0 Å². The summed E-state index contributed by atoms with van der Waals surface area (Å²) in [6, 6.07) is 0. The monoisotopic (exact) mass is 143 g/mol. The number of oxime groups is 1. The van der Waals surface area contributed by atoms with Gasteiger partial charge in [-0.05, 0) is 26.7 Å². The van der Waals surface area contributed by atoms with Crippen LogP contribution in [0.1, 0.15) is 40.0 Å². The molecule has 0 fully saturated rings. The third-order valence-electron chi connectivity index (χ3n) is 1.03. The standard InChI is InChI=1S/C8H17NO/c1-4-5-6-7-9-10-8(2)3/h7-8H,4-6H2,1-3H3. The van der Waals surface area contributed by atoms with Gasteiger partial charge in [-0.15, -0.1) is 0 Å². The van der Waals surface area contributed by atoms with E-state index in [-0.39, 0.29) is 6.10 Å². The van der Waals surface area contributed by atoms with Gasteiger partial charge in [0.1, 0.15) is 6.10 Å². The van der Waals surface area contributed by atoms with Crippen LogP contribution in [0.4, 0.5) is 0 Å². The van der Waals surface area contributed by atoms with Crippen LogP contribution >= 0.6 is 0 Å². The minimum atomic E-state index is 0.206. The van der Waals surface area contributed by atoms with Gasteiger partial charge in [-0.25, -0.2) is 0 Å². The summed E-state index contributed by atoms with van der Waals surface area (Å²) in [7, 11) is 0. The zero-order valence-corrected chi connectivity index (χ0v) is 7.13. The summed E-state index contributed by atoms with van der Waals surface area (Å²) in [4.78, 5) is 4.96. The highest BCUT2D eigenvalue weighted by Gasteiger charge is 1.86. The smallest absolute Gasteiger partial charge is 0.121 e. The molecule has 0 unspecified atom stereocenters. The first-order valence-electron chi connectivity index (χ1n) is 3.95. The Bertz CT molecular complexity index is 89.3. The van der Waals surface area contributed by atoms with Gasteiger partial charge in [-0.1, -0.05) is 18.5 Å². The molecule has 2 heteroatoms. The fraction of sp³-hybridized carbons (Fsp3) is 0.875. The van der Waals surface area contributed by atoms with E-state index in [1.807, 2.05) is 20.1 Å². The lowest BCUT2D eigenvalue weighted by molar-refractivity contribution is 0.0868. The van der Waals surface area contributed by atoms with Gasteiger partial charge >= 0.3 is 0 Å². The van der Waals surface area contributed by atoms with Gasteiger partial charge in [0.15, 0.2) is 0 Å². The quantitative estimate of drug-likeness (QED) is 0.329. The lowest BCUT2D eigenvalue weighted by Crippen LogP contribution is -1.95. The molecule has 0 amide bonds. The van der Waals surface area contributed by atoms with Gasteiger partial charge in [-0.2, -0.15) is 0 Å². The molecule has 2 nitrogen and oxygen atoms in total. The van der Waals surface area contributed by atoms with Crippen molar-refractivity contribution in [2.24, 2.45) is 5.16 Å². The lowest BCUT2D eigenvalue weighted by atomic mass is 10.3. The van der Waals surface area contributed by atoms with Crippen molar-refractivity contribution in [2.45, 2.75) is 46.1 Å². The molecule has 0 aromatic carbocycles. The van der Waals surface area contributed by atoms with Crippen molar-refractivity contribution in [2.75, 3.05) is 0 Å². The average molecular weight is 143 g/mol. The number of nitrogens with zero attached hydrogens (tertiary/aromatic N) is 1. The SMILES string of the molecule is CCCCC=NOC(C)C. The summed E-state index contributed by atoms with van der Waals surface area (Å²) < 4.78 is 0. The second kappa shape index (κ2) is 6.59. The minimum Gasteiger partial charge on any atom is -0.393 e. The van der Waals surface area contributed by atoms with Gasteiger partial charge in [-0.3, -0.25) is 0 Å². The van der Waals surface area contributed by atoms with Crippen molar-refractivity contribution < 1.29 is 4.84 Å². The Morgan fingerprint density at radius 2 is 2.20 bits per heavy atom. The maximum atomic E-state index is 4.96. The zero-order chi connectivity index (χ0) is 7.82. The highest BCUT2D eigenvalue weighted by Crippen LogP contribution is 1.91. The number of hydrogen-bond acceptors (Lipinski definition) is 2. The van der Waals surface area contributed by atoms with Gasteiger partial charge < -0.3 is 4.84 Å². The zero-order valence-electron chi connectivity index (χ0n) is 7.13. The third-order valence-corrected chi connectivity index (χ3v) is 1.03. The maximum absolute atomic E-state index is 4.96. The molecule has 0 saturated carbocycles. The third kappa shape index (κ3) is 7.47. The summed E-state index contributed by atoms with van der Waals surface area (Å²) >= 11 is 0. The fourth-order valence-corrected chi connectivity index (χ4v) is 0.513. The largest absolute Gasteiger partial charge is 0.393 e. The van der Waals surface area contributed by atoms with E-state index in [1.54, 1.807) is 0 Å². The molecule has 0 atom stereocenters. The van der Waals surface area contributed by atoms with E-state index in [2.05, 4.69) is 12.1 Å². The molecule has 0 heterocycles. The van der Waals surface area contributed by atoms with Crippen LogP contribution < -0.4 is 0 Å². The molecule has 0 radical (unpaired) electrons.